The van der Waals surface area contributed by atoms with Crippen molar-refractivity contribution >= 4 is 23.7 Å². The molecule has 10 nitrogen and oxygen atoms in total. The molecule has 1 aliphatic heterocycles. The number of ether oxygens (including phenoxy) is 1. The van der Waals surface area contributed by atoms with Gasteiger partial charge in [-0.1, -0.05) is 42.5 Å². The third-order valence-electron chi connectivity index (χ3n) is 6.39. The molecule has 1 heterocycles. The van der Waals surface area contributed by atoms with E-state index >= 15 is 0 Å². The van der Waals surface area contributed by atoms with Gasteiger partial charge in [0.1, 0.15) is 6.10 Å². The van der Waals surface area contributed by atoms with Crippen molar-refractivity contribution in [3.8, 4) is 0 Å². The minimum Gasteiger partial charge on any atom is -0.478 e. The van der Waals surface area contributed by atoms with Gasteiger partial charge in [0.25, 0.3) is 0 Å². The summed E-state index contributed by atoms with van der Waals surface area (Å²) in [5.74, 6) is -2.03. The fourth-order valence-corrected chi connectivity index (χ4v) is 4.32. The molecule has 0 unspecified atom stereocenters. The van der Waals surface area contributed by atoms with Gasteiger partial charge in [0.05, 0.1) is 29.9 Å². The van der Waals surface area contributed by atoms with Crippen molar-refractivity contribution in [2.75, 3.05) is 18.5 Å². The molecule has 198 valence electrons. The van der Waals surface area contributed by atoms with Crippen LogP contribution in [0.3, 0.4) is 0 Å². The minimum atomic E-state index is -1.02. The molecule has 0 saturated carbocycles. The first-order valence-corrected chi connectivity index (χ1v) is 12.1. The molecule has 5 N–H and O–H groups in total. The molecule has 1 saturated heterocycles. The van der Waals surface area contributed by atoms with Crippen LogP contribution in [0.4, 0.5) is 10.5 Å². The first-order valence-electron chi connectivity index (χ1n) is 12.1. The predicted molar refractivity (Wildman–Crippen MR) is 139 cm³/mol. The smallest absolute Gasteiger partial charge is 0.335 e. The topological polar surface area (TPSA) is 148 Å². The van der Waals surface area contributed by atoms with E-state index in [0.29, 0.717) is 18.8 Å². The van der Waals surface area contributed by atoms with E-state index in [9.17, 15) is 29.7 Å². The number of carboxylic acid groups (broad SMARTS) is 2. The maximum atomic E-state index is 12.3. The lowest BCUT2D eigenvalue weighted by molar-refractivity contribution is 0.0319. The first kappa shape index (κ1) is 26.8. The number of carbonyl (C=O) groups excluding carboxylic acids is 1. The van der Waals surface area contributed by atoms with Crippen LogP contribution in [0.25, 0.3) is 0 Å². The Hall–Kier alpha value is -4.25. The van der Waals surface area contributed by atoms with E-state index in [1.54, 1.807) is 36.4 Å². The molecule has 4 rings (SSSR count). The van der Waals surface area contributed by atoms with Crippen molar-refractivity contribution in [2.45, 2.75) is 31.3 Å². The summed E-state index contributed by atoms with van der Waals surface area (Å²) in [6.45, 7) is 1.10. The van der Waals surface area contributed by atoms with Gasteiger partial charge in [-0.3, -0.25) is 4.90 Å². The molecule has 3 aromatic carbocycles. The Morgan fingerprint density at radius 3 is 1.84 bits per heavy atom. The van der Waals surface area contributed by atoms with Gasteiger partial charge in [-0.05, 0) is 47.5 Å². The standard InChI is InChI=1S/C28H29N3O7/c32-25-23(17-38-24(25)14-29-28(37)30-22-4-2-1-3-5-22)31(15-18-6-10-20(11-7-18)26(33)34)16-19-8-12-21(13-9-19)27(35)36/h1-13,23-25,32H,14-17H2,(H,33,34)(H,35,36)(H2,29,30,37)/t23-,24-,25+/m1/s1. The maximum absolute atomic E-state index is 12.3. The molecule has 3 atom stereocenters. The minimum absolute atomic E-state index is 0.102. The summed E-state index contributed by atoms with van der Waals surface area (Å²) >= 11 is 0. The zero-order valence-electron chi connectivity index (χ0n) is 20.5. The number of hydrogen-bond acceptors (Lipinski definition) is 6. The highest BCUT2D eigenvalue weighted by molar-refractivity contribution is 5.89. The van der Waals surface area contributed by atoms with E-state index in [1.165, 1.54) is 24.3 Å². The lowest BCUT2D eigenvalue weighted by Crippen LogP contribution is -2.47. The van der Waals surface area contributed by atoms with Gasteiger partial charge < -0.3 is 30.7 Å². The molecular weight excluding hydrogens is 490 g/mol. The predicted octanol–water partition coefficient (Wildman–Crippen LogP) is 3.04. The summed E-state index contributed by atoms with van der Waals surface area (Å²) in [4.78, 5) is 36.7. The number of nitrogens with one attached hydrogen (secondary N) is 2. The number of nitrogens with zero attached hydrogens (tertiary/aromatic N) is 1. The molecule has 3 aromatic rings. The third kappa shape index (κ3) is 6.94. The number of anilines is 1. The monoisotopic (exact) mass is 519 g/mol. The second-order valence-corrected chi connectivity index (χ2v) is 9.04. The van der Waals surface area contributed by atoms with Gasteiger partial charge in [0, 0.05) is 25.3 Å². The molecule has 1 aliphatic rings. The van der Waals surface area contributed by atoms with Gasteiger partial charge in [-0.2, -0.15) is 0 Å². The van der Waals surface area contributed by atoms with Crippen molar-refractivity contribution in [3.05, 3.63) is 101 Å². The Bertz CT molecular complexity index is 1190. The lowest BCUT2D eigenvalue weighted by atomic mass is 10.0. The van der Waals surface area contributed by atoms with Gasteiger partial charge in [0.2, 0.25) is 0 Å². The normalized spacial score (nSPS) is 18.7. The number of aromatic carboxylic acids is 2. The molecule has 0 bridgehead atoms. The molecule has 0 aromatic heterocycles. The lowest BCUT2D eigenvalue weighted by Gasteiger charge is -2.31. The number of aliphatic hydroxyl groups excluding tert-OH is 1. The zero-order chi connectivity index (χ0) is 27.1. The van der Waals surface area contributed by atoms with Crippen molar-refractivity contribution in [1.82, 2.24) is 10.2 Å². The van der Waals surface area contributed by atoms with Gasteiger partial charge in [-0.25, -0.2) is 14.4 Å². The van der Waals surface area contributed by atoms with Crippen LogP contribution in [0, 0.1) is 0 Å². The number of urea groups is 1. The summed E-state index contributed by atoms with van der Waals surface area (Å²) in [6.07, 6.45) is -1.54. The van der Waals surface area contributed by atoms with Gasteiger partial charge >= 0.3 is 18.0 Å². The van der Waals surface area contributed by atoms with Crippen LogP contribution >= 0.6 is 0 Å². The summed E-state index contributed by atoms with van der Waals surface area (Å²) in [5, 5.41) is 34.9. The second-order valence-electron chi connectivity index (χ2n) is 9.04. The summed E-state index contributed by atoms with van der Waals surface area (Å²) < 4.78 is 5.85. The van der Waals surface area contributed by atoms with Crippen molar-refractivity contribution in [2.24, 2.45) is 0 Å². The van der Waals surface area contributed by atoms with E-state index in [-0.39, 0.29) is 24.3 Å². The first-order chi connectivity index (χ1) is 18.3. The van der Waals surface area contributed by atoms with Crippen LogP contribution in [-0.2, 0) is 17.8 Å². The average molecular weight is 520 g/mol. The Labute approximate surface area is 219 Å². The molecule has 0 aliphatic carbocycles. The largest absolute Gasteiger partial charge is 0.478 e. The van der Waals surface area contributed by atoms with Gasteiger partial charge in [0.15, 0.2) is 0 Å². The summed E-state index contributed by atoms with van der Waals surface area (Å²) in [6, 6.07) is 21.1. The quantitative estimate of drug-likeness (QED) is 0.275. The van der Waals surface area contributed by atoms with Crippen molar-refractivity contribution in [1.29, 1.82) is 0 Å². The highest BCUT2D eigenvalue weighted by atomic mass is 16.5. The number of benzene rings is 3. The number of rotatable bonds is 10. The number of aliphatic hydroxyl groups is 1. The van der Waals surface area contributed by atoms with E-state index in [1.807, 2.05) is 23.1 Å². The zero-order valence-corrected chi connectivity index (χ0v) is 20.5. The van der Waals surface area contributed by atoms with Crippen LogP contribution in [0.15, 0.2) is 78.9 Å². The third-order valence-corrected chi connectivity index (χ3v) is 6.39. The average Bonchev–Trinajstić information content (AvgIpc) is 3.28. The fraction of sp³-hybridized carbons (Fsp3) is 0.250. The summed E-state index contributed by atoms with van der Waals surface area (Å²) in [7, 11) is 0. The Morgan fingerprint density at radius 2 is 1.34 bits per heavy atom. The number of hydrogen-bond donors (Lipinski definition) is 5. The molecule has 1 fully saturated rings. The van der Waals surface area contributed by atoms with Crippen molar-refractivity contribution in [3.63, 3.8) is 0 Å². The van der Waals surface area contributed by atoms with Crippen LogP contribution in [0.1, 0.15) is 31.8 Å². The van der Waals surface area contributed by atoms with E-state index < -0.39 is 36.2 Å². The van der Waals surface area contributed by atoms with E-state index in [0.717, 1.165) is 11.1 Å². The van der Waals surface area contributed by atoms with Crippen LogP contribution in [0.5, 0.6) is 0 Å². The summed E-state index contributed by atoms with van der Waals surface area (Å²) in [5.41, 5.74) is 2.67. The molecular formula is C28H29N3O7. The molecule has 2 amide bonds. The second kappa shape index (κ2) is 12.3. The molecule has 0 radical (unpaired) electrons. The molecule has 10 heteroatoms. The highest BCUT2D eigenvalue weighted by Gasteiger charge is 2.39. The fourth-order valence-electron chi connectivity index (χ4n) is 4.32. The van der Waals surface area contributed by atoms with E-state index in [4.69, 9.17) is 4.74 Å². The maximum Gasteiger partial charge on any atom is 0.335 e. The van der Waals surface area contributed by atoms with Crippen LogP contribution < -0.4 is 10.6 Å². The Kier molecular flexibility index (Phi) is 8.70. The number of carbonyl (C=O) groups is 3. The van der Waals surface area contributed by atoms with Gasteiger partial charge in [-0.15, -0.1) is 0 Å². The van der Waals surface area contributed by atoms with Crippen LogP contribution in [-0.4, -0.2) is 69.6 Å². The Morgan fingerprint density at radius 1 is 0.816 bits per heavy atom. The number of para-hydroxylation sites is 1. The number of carboxylic acids is 2. The highest BCUT2D eigenvalue weighted by Crippen LogP contribution is 2.24. The Balaban J connectivity index is 1.44. The van der Waals surface area contributed by atoms with Crippen molar-refractivity contribution < 1.29 is 34.4 Å². The number of amides is 2. The molecule has 0 spiro atoms. The molecule has 38 heavy (non-hydrogen) atoms. The van der Waals surface area contributed by atoms with E-state index in [2.05, 4.69) is 10.6 Å². The van der Waals surface area contributed by atoms with Crippen LogP contribution in [0.2, 0.25) is 0 Å². The SMILES string of the molecule is O=C(NC[C@H]1OC[C@@H](N(Cc2ccc(C(=O)O)cc2)Cc2ccc(C(=O)O)cc2)[C@@H]1O)Nc1ccccc1.